The molecule has 3 aromatic carbocycles. The van der Waals surface area contributed by atoms with Gasteiger partial charge < -0.3 is 4.57 Å². The Hall–Kier alpha value is -3.13. The van der Waals surface area contributed by atoms with E-state index in [1.54, 1.807) is 0 Å². The maximum Gasteiger partial charge on any atom is 0.141 e. The molecule has 0 N–H and O–H groups in total. The lowest BCUT2D eigenvalue weighted by atomic mass is 10.1. The van der Waals surface area contributed by atoms with Crippen LogP contribution in [0.1, 0.15) is 0 Å². The van der Waals surface area contributed by atoms with E-state index in [2.05, 4.69) is 84.4 Å². The van der Waals surface area contributed by atoms with Gasteiger partial charge in [-0.1, -0.05) is 66.7 Å². The molecule has 0 aliphatic heterocycles. The molecular formula is C22H16N2. The molecule has 0 spiro atoms. The molecule has 2 aromatic heterocycles. The third kappa shape index (κ3) is 1.80. The first kappa shape index (κ1) is 13.3. The van der Waals surface area contributed by atoms with E-state index < -0.39 is 0 Å². The second-order valence-electron chi connectivity index (χ2n) is 6.18. The summed E-state index contributed by atoms with van der Waals surface area (Å²) in [6.07, 6.45) is 0. The summed E-state index contributed by atoms with van der Waals surface area (Å²) in [5.41, 5.74) is 4.44. The van der Waals surface area contributed by atoms with Gasteiger partial charge in [-0.15, -0.1) is 0 Å². The lowest BCUT2D eigenvalue weighted by Gasteiger charge is -2.03. The zero-order valence-electron chi connectivity index (χ0n) is 13.4. The molecule has 5 aromatic rings. The molecule has 0 saturated carbocycles. The predicted molar refractivity (Wildman–Crippen MR) is 101 cm³/mol. The van der Waals surface area contributed by atoms with Crippen molar-refractivity contribution in [1.29, 1.82) is 0 Å². The Balaban J connectivity index is 1.89. The molecule has 0 fully saturated rings. The molecule has 2 heteroatoms. The van der Waals surface area contributed by atoms with Crippen LogP contribution in [0.25, 0.3) is 44.0 Å². The zero-order chi connectivity index (χ0) is 16.1. The van der Waals surface area contributed by atoms with Gasteiger partial charge in [-0.05, 0) is 17.5 Å². The van der Waals surface area contributed by atoms with E-state index in [1.165, 1.54) is 27.1 Å². The van der Waals surface area contributed by atoms with Crippen LogP contribution in [0.2, 0.25) is 0 Å². The van der Waals surface area contributed by atoms with Gasteiger partial charge >= 0.3 is 0 Å². The standard InChI is InChI=1S/C22H16N2/c1-24-21-17-10-6-5-7-15(17)11-12-18(21)19-13-14-20(23-22(19)24)16-8-3-2-4-9-16/h2-14H,1H3. The maximum atomic E-state index is 4.95. The number of aromatic nitrogens is 2. The van der Waals surface area contributed by atoms with Gasteiger partial charge in [-0.3, -0.25) is 0 Å². The number of hydrogen-bond acceptors (Lipinski definition) is 1. The quantitative estimate of drug-likeness (QED) is 0.397. The molecule has 0 saturated heterocycles. The molecule has 0 aliphatic carbocycles. The summed E-state index contributed by atoms with van der Waals surface area (Å²) < 4.78 is 2.22. The van der Waals surface area contributed by atoms with E-state index in [9.17, 15) is 0 Å². The fourth-order valence-corrected chi connectivity index (χ4v) is 3.62. The summed E-state index contributed by atoms with van der Waals surface area (Å²) in [6, 6.07) is 27.6. The van der Waals surface area contributed by atoms with Crippen LogP contribution in [0.3, 0.4) is 0 Å². The third-order valence-electron chi connectivity index (χ3n) is 4.79. The number of aryl methyl sites for hydroxylation is 1. The zero-order valence-corrected chi connectivity index (χ0v) is 13.4. The summed E-state index contributed by atoms with van der Waals surface area (Å²) in [4.78, 5) is 4.95. The number of pyridine rings is 1. The molecule has 0 atom stereocenters. The van der Waals surface area contributed by atoms with Crippen LogP contribution < -0.4 is 0 Å². The molecule has 24 heavy (non-hydrogen) atoms. The lowest BCUT2D eigenvalue weighted by Crippen LogP contribution is -1.92. The van der Waals surface area contributed by atoms with Crippen LogP contribution in [0.5, 0.6) is 0 Å². The minimum Gasteiger partial charge on any atom is -0.328 e. The summed E-state index contributed by atoms with van der Waals surface area (Å²) >= 11 is 0. The predicted octanol–water partition coefficient (Wildman–Crippen LogP) is 5.55. The van der Waals surface area contributed by atoms with Crippen LogP contribution in [0.4, 0.5) is 0 Å². The first-order valence-corrected chi connectivity index (χ1v) is 8.15. The highest BCUT2D eigenvalue weighted by atomic mass is 15.0. The summed E-state index contributed by atoms with van der Waals surface area (Å²) in [6.45, 7) is 0. The summed E-state index contributed by atoms with van der Waals surface area (Å²) in [5.74, 6) is 0. The fraction of sp³-hybridized carbons (Fsp3) is 0.0455. The Bertz CT molecular complexity index is 1200. The Morgan fingerprint density at radius 2 is 1.42 bits per heavy atom. The van der Waals surface area contributed by atoms with Crippen molar-refractivity contribution in [3.63, 3.8) is 0 Å². The second-order valence-corrected chi connectivity index (χ2v) is 6.18. The van der Waals surface area contributed by atoms with Crippen LogP contribution in [0.15, 0.2) is 78.9 Å². The Labute approximate surface area is 140 Å². The van der Waals surface area contributed by atoms with Crippen molar-refractivity contribution in [3.05, 3.63) is 78.9 Å². The minimum absolute atomic E-state index is 1.01. The maximum absolute atomic E-state index is 4.95. The van der Waals surface area contributed by atoms with Crippen molar-refractivity contribution in [2.45, 2.75) is 0 Å². The van der Waals surface area contributed by atoms with Crippen LogP contribution >= 0.6 is 0 Å². The van der Waals surface area contributed by atoms with Gasteiger partial charge in [0.15, 0.2) is 0 Å². The smallest absolute Gasteiger partial charge is 0.141 e. The van der Waals surface area contributed by atoms with E-state index in [-0.39, 0.29) is 0 Å². The monoisotopic (exact) mass is 308 g/mol. The number of nitrogens with zero attached hydrogens (tertiary/aromatic N) is 2. The number of fused-ring (bicyclic) bond motifs is 5. The van der Waals surface area contributed by atoms with Crippen molar-refractivity contribution in [2.75, 3.05) is 0 Å². The normalized spacial score (nSPS) is 11.5. The van der Waals surface area contributed by atoms with Gasteiger partial charge in [0.05, 0.1) is 11.2 Å². The fourth-order valence-electron chi connectivity index (χ4n) is 3.62. The Morgan fingerprint density at radius 1 is 0.667 bits per heavy atom. The van der Waals surface area contributed by atoms with Crippen molar-refractivity contribution in [3.8, 4) is 11.3 Å². The second kappa shape index (κ2) is 4.93. The highest BCUT2D eigenvalue weighted by molar-refractivity contribution is 6.17. The van der Waals surface area contributed by atoms with Gasteiger partial charge in [0.2, 0.25) is 0 Å². The number of hydrogen-bond donors (Lipinski definition) is 0. The van der Waals surface area contributed by atoms with Crippen molar-refractivity contribution in [2.24, 2.45) is 7.05 Å². The molecule has 114 valence electrons. The Morgan fingerprint density at radius 3 is 2.29 bits per heavy atom. The molecule has 0 radical (unpaired) electrons. The van der Waals surface area contributed by atoms with Crippen molar-refractivity contribution >= 4 is 32.7 Å². The molecule has 0 unspecified atom stereocenters. The van der Waals surface area contributed by atoms with Crippen LogP contribution in [0, 0.1) is 0 Å². The van der Waals surface area contributed by atoms with E-state index >= 15 is 0 Å². The van der Waals surface area contributed by atoms with E-state index in [0.717, 1.165) is 16.9 Å². The van der Waals surface area contributed by atoms with E-state index in [4.69, 9.17) is 4.98 Å². The Kier molecular flexibility index (Phi) is 2.74. The van der Waals surface area contributed by atoms with Crippen molar-refractivity contribution < 1.29 is 0 Å². The SMILES string of the molecule is Cn1c2nc(-c3ccccc3)ccc2c2ccc3ccccc3c21. The average molecular weight is 308 g/mol. The van der Waals surface area contributed by atoms with E-state index in [1.807, 2.05) is 6.07 Å². The molecule has 0 bridgehead atoms. The molecule has 2 nitrogen and oxygen atoms in total. The molecule has 2 heterocycles. The van der Waals surface area contributed by atoms with Gasteiger partial charge in [-0.25, -0.2) is 4.98 Å². The molecular weight excluding hydrogens is 292 g/mol. The highest BCUT2D eigenvalue weighted by Gasteiger charge is 2.13. The largest absolute Gasteiger partial charge is 0.328 e. The molecule has 5 rings (SSSR count). The minimum atomic E-state index is 1.01. The van der Waals surface area contributed by atoms with Crippen LogP contribution in [-0.4, -0.2) is 9.55 Å². The highest BCUT2D eigenvalue weighted by Crippen LogP contribution is 2.33. The first-order valence-electron chi connectivity index (χ1n) is 8.15. The van der Waals surface area contributed by atoms with Gasteiger partial charge in [-0.2, -0.15) is 0 Å². The summed E-state index contributed by atoms with van der Waals surface area (Å²) in [7, 11) is 2.11. The third-order valence-corrected chi connectivity index (χ3v) is 4.79. The number of rotatable bonds is 1. The lowest BCUT2D eigenvalue weighted by molar-refractivity contribution is 0.994. The first-order chi connectivity index (χ1) is 11.8. The van der Waals surface area contributed by atoms with Gasteiger partial charge in [0.25, 0.3) is 0 Å². The molecule has 0 aliphatic rings. The van der Waals surface area contributed by atoms with E-state index in [0.29, 0.717) is 0 Å². The van der Waals surface area contributed by atoms with Gasteiger partial charge in [0, 0.05) is 28.8 Å². The topological polar surface area (TPSA) is 17.8 Å². The van der Waals surface area contributed by atoms with Crippen molar-refractivity contribution in [1.82, 2.24) is 9.55 Å². The number of benzene rings is 3. The van der Waals surface area contributed by atoms with Crippen LogP contribution in [-0.2, 0) is 7.05 Å². The average Bonchev–Trinajstić information content (AvgIpc) is 2.95. The van der Waals surface area contributed by atoms with Gasteiger partial charge in [0.1, 0.15) is 5.65 Å². The molecule has 0 amide bonds. The summed E-state index contributed by atoms with van der Waals surface area (Å²) in [5, 5.41) is 5.01.